The highest BCUT2D eigenvalue weighted by Crippen LogP contribution is 2.15. The standard InChI is InChI=1S/C11H13NO5/c1-6-2-3-9(17-6)10(13)12-8-5-16-4-7(8)11(14)15/h2-3,7-8H,4-5H2,1H3,(H,12,13)(H,14,15). The van der Waals surface area contributed by atoms with Crippen LogP contribution in [0.3, 0.4) is 0 Å². The maximum atomic E-state index is 11.7. The predicted molar refractivity (Wildman–Crippen MR) is 56.6 cm³/mol. The molecule has 6 heteroatoms. The van der Waals surface area contributed by atoms with E-state index in [1.807, 2.05) is 0 Å². The van der Waals surface area contributed by atoms with Gasteiger partial charge in [0.25, 0.3) is 5.91 Å². The first kappa shape index (κ1) is 11.7. The first-order valence-electron chi connectivity index (χ1n) is 5.26. The number of amides is 1. The summed E-state index contributed by atoms with van der Waals surface area (Å²) in [6, 6.07) is 2.72. The van der Waals surface area contributed by atoms with Gasteiger partial charge in [-0.25, -0.2) is 0 Å². The van der Waals surface area contributed by atoms with Crippen molar-refractivity contribution in [3.63, 3.8) is 0 Å². The van der Waals surface area contributed by atoms with Crippen molar-refractivity contribution in [2.24, 2.45) is 5.92 Å². The summed E-state index contributed by atoms with van der Waals surface area (Å²) in [6.07, 6.45) is 0. The summed E-state index contributed by atoms with van der Waals surface area (Å²) in [5, 5.41) is 11.5. The maximum absolute atomic E-state index is 11.7. The number of furan rings is 1. The lowest BCUT2D eigenvalue weighted by molar-refractivity contribution is -0.142. The quantitative estimate of drug-likeness (QED) is 0.797. The average molecular weight is 239 g/mol. The third-order valence-electron chi connectivity index (χ3n) is 2.68. The number of ether oxygens (including phenoxy) is 1. The smallest absolute Gasteiger partial charge is 0.311 e. The predicted octanol–water partition coefficient (Wildman–Crippen LogP) is 0.417. The van der Waals surface area contributed by atoms with Gasteiger partial charge in [0.2, 0.25) is 0 Å². The van der Waals surface area contributed by atoms with Gasteiger partial charge in [0, 0.05) is 0 Å². The summed E-state index contributed by atoms with van der Waals surface area (Å²) in [5.41, 5.74) is 0. The number of aliphatic carboxylic acids is 1. The zero-order valence-corrected chi connectivity index (χ0v) is 9.30. The third-order valence-corrected chi connectivity index (χ3v) is 2.68. The van der Waals surface area contributed by atoms with Crippen LogP contribution in [0.15, 0.2) is 16.5 Å². The zero-order valence-electron chi connectivity index (χ0n) is 9.30. The number of nitrogens with one attached hydrogen (secondary N) is 1. The number of carboxylic acids is 1. The first-order valence-corrected chi connectivity index (χ1v) is 5.26. The number of hydrogen-bond donors (Lipinski definition) is 2. The van der Waals surface area contributed by atoms with Gasteiger partial charge in [-0.3, -0.25) is 9.59 Å². The Labute approximate surface area is 97.6 Å². The summed E-state index contributed by atoms with van der Waals surface area (Å²) >= 11 is 0. The lowest BCUT2D eigenvalue weighted by Gasteiger charge is -2.14. The number of aryl methyl sites for hydroxylation is 1. The number of carbonyl (C=O) groups excluding carboxylic acids is 1. The summed E-state index contributed by atoms with van der Waals surface area (Å²) in [7, 11) is 0. The Bertz CT molecular complexity index is 439. The second-order valence-electron chi connectivity index (χ2n) is 3.97. The van der Waals surface area contributed by atoms with Crippen molar-refractivity contribution in [1.82, 2.24) is 5.32 Å². The Morgan fingerprint density at radius 1 is 1.41 bits per heavy atom. The van der Waals surface area contributed by atoms with Gasteiger partial charge >= 0.3 is 5.97 Å². The van der Waals surface area contributed by atoms with Crippen LogP contribution in [0.1, 0.15) is 16.3 Å². The molecule has 0 radical (unpaired) electrons. The average Bonchev–Trinajstić information content (AvgIpc) is 2.86. The maximum Gasteiger partial charge on any atom is 0.311 e. The fourth-order valence-corrected chi connectivity index (χ4v) is 1.74. The van der Waals surface area contributed by atoms with Crippen molar-refractivity contribution in [1.29, 1.82) is 0 Å². The van der Waals surface area contributed by atoms with Crippen LogP contribution in [0.2, 0.25) is 0 Å². The van der Waals surface area contributed by atoms with Crippen LogP contribution in [0, 0.1) is 12.8 Å². The minimum absolute atomic E-state index is 0.122. The molecular weight excluding hydrogens is 226 g/mol. The summed E-state index contributed by atoms with van der Waals surface area (Å²) in [4.78, 5) is 22.6. The van der Waals surface area contributed by atoms with Crippen molar-refractivity contribution in [3.05, 3.63) is 23.7 Å². The van der Waals surface area contributed by atoms with Gasteiger partial charge in [-0.1, -0.05) is 0 Å². The molecule has 1 fully saturated rings. The Morgan fingerprint density at radius 2 is 2.18 bits per heavy atom. The minimum atomic E-state index is -0.969. The van der Waals surface area contributed by atoms with E-state index in [1.54, 1.807) is 19.1 Å². The molecule has 0 bridgehead atoms. The molecule has 1 aliphatic heterocycles. The second-order valence-corrected chi connectivity index (χ2v) is 3.97. The molecule has 1 saturated heterocycles. The van der Waals surface area contributed by atoms with Gasteiger partial charge in [0.1, 0.15) is 11.7 Å². The van der Waals surface area contributed by atoms with Crippen LogP contribution < -0.4 is 5.32 Å². The molecule has 2 heterocycles. The first-order chi connectivity index (χ1) is 8.08. The molecule has 92 valence electrons. The van der Waals surface area contributed by atoms with Crippen LogP contribution in [0.25, 0.3) is 0 Å². The lowest BCUT2D eigenvalue weighted by Crippen LogP contribution is -2.42. The molecular formula is C11H13NO5. The van der Waals surface area contributed by atoms with E-state index in [0.717, 1.165) is 0 Å². The van der Waals surface area contributed by atoms with E-state index >= 15 is 0 Å². The van der Waals surface area contributed by atoms with Gasteiger partial charge < -0.3 is 19.6 Å². The number of rotatable bonds is 3. The Kier molecular flexibility index (Phi) is 3.14. The molecule has 6 nitrogen and oxygen atoms in total. The molecule has 0 aromatic carbocycles. The summed E-state index contributed by atoms with van der Waals surface area (Å²) in [6.45, 7) is 2.06. The van der Waals surface area contributed by atoms with Crippen molar-refractivity contribution in [3.8, 4) is 0 Å². The van der Waals surface area contributed by atoms with Gasteiger partial charge in [-0.15, -0.1) is 0 Å². The van der Waals surface area contributed by atoms with Crippen LogP contribution in [-0.4, -0.2) is 36.2 Å². The fraction of sp³-hybridized carbons (Fsp3) is 0.455. The molecule has 1 aromatic heterocycles. The SMILES string of the molecule is Cc1ccc(C(=O)NC2COCC2C(=O)O)o1. The lowest BCUT2D eigenvalue weighted by atomic mass is 10.0. The molecule has 1 aromatic rings. The van der Waals surface area contributed by atoms with E-state index in [-0.39, 0.29) is 19.0 Å². The molecule has 0 saturated carbocycles. The number of hydrogen-bond acceptors (Lipinski definition) is 4. The van der Waals surface area contributed by atoms with Crippen LogP contribution >= 0.6 is 0 Å². The van der Waals surface area contributed by atoms with Crippen molar-refractivity contribution in [2.45, 2.75) is 13.0 Å². The highest BCUT2D eigenvalue weighted by atomic mass is 16.5. The molecule has 0 spiro atoms. The van der Waals surface area contributed by atoms with Gasteiger partial charge in [-0.2, -0.15) is 0 Å². The Hall–Kier alpha value is -1.82. The minimum Gasteiger partial charge on any atom is -0.481 e. The van der Waals surface area contributed by atoms with Gasteiger partial charge in [0.15, 0.2) is 5.76 Å². The van der Waals surface area contributed by atoms with Gasteiger partial charge in [-0.05, 0) is 19.1 Å². The molecule has 1 amide bonds. The summed E-state index contributed by atoms with van der Waals surface area (Å²) in [5.74, 6) is -1.27. The number of carbonyl (C=O) groups is 2. The normalized spacial score (nSPS) is 23.6. The van der Waals surface area contributed by atoms with Crippen molar-refractivity contribution >= 4 is 11.9 Å². The highest BCUT2D eigenvalue weighted by Gasteiger charge is 2.35. The third kappa shape index (κ3) is 2.47. The van der Waals surface area contributed by atoms with E-state index in [4.69, 9.17) is 14.3 Å². The molecule has 1 aliphatic rings. The molecule has 0 aliphatic carbocycles. The molecule has 2 N–H and O–H groups in total. The Balaban J connectivity index is 2.01. The van der Waals surface area contributed by atoms with E-state index in [2.05, 4.69) is 5.32 Å². The topological polar surface area (TPSA) is 88.8 Å². The van der Waals surface area contributed by atoms with E-state index < -0.39 is 23.8 Å². The van der Waals surface area contributed by atoms with Crippen LogP contribution in [-0.2, 0) is 9.53 Å². The largest absolute Gasteiger partial charge is 0.481 e. The van der Waals surface area contributed by atoms with E-state index in [1.165, 1.54) is 0 Å². The Morgan fingerprint density at radius 3 is 2.76 bits per heavy atom. The van der Waals surface area contributed by atoms with E-state index in [0.29, 0.717) is 5.76 Å². The molecule has 2 rings (SSSR count). The van der Waals surface area contributed by atoms with Crippen molar-refractivity contribution < 1.29 is 23.8 Å². The van der Waals surface area contributed by atoms with Crippen molar-refractivity contribution in [2.75, 3.05) is 13.2 Å². The van der Waals surface area contributed by atoms with E-state index in [9.17, 15) is 9.59 Å². The molecule has 17 heavy (non-hydrogen) atoms. The summed E-state index contributed by atoms with van der Waals surface area (Å²) < 4.78 is 10.2. The monoisotopic (exact) mass is 239 g/mol. The highest BCUT2D eigenvalue weighted by molar-refractivity contribution is 5.92. The van der Waals surface area contributed by atoms with Crippen LogP contribution in [0.4, 0.5) is 0 Å². The zero-order chi connectivity index (χ0) is 12.4. The molecule has 2 unspecified atom stereocenters. The second kappa shape index (κ2) is 4.58. The van der Waals surface area contributed by atoms with Gasteiger partial charge in [0.05, 0.1) is 19.3 Å². The fourth-order valence-electron chi connectivity index (χ4n) is 1.74. The van der Waals surface area contributed by atoms with Crippen LogP contribution in [0.5, 0.6) is 0 Å². The number of carboxylic acid groups (broad SMARTS) is 1. The molecule has 2 atom stereocenters.